The minimum atomic E-state index is -0.462. The zero-order chi connectivity index (χ0) is 18.3. The van der Waals surface area contributed by atoms with Gasteiger partial charge in [-0.1, -0.05) is 57.2 Å². The second kappa shape index (κ2) is 8.47. The van der Waals surface area contributed by atoms with E-state index in [4.69, 9.17) is 0 Å². The van der Waals surface area contributed by atoms with Gasteiger partial charge in [-0.3, -0.25) is 9.59 Å². The van der Waals surface area contributed by atoms with E-state index in [1.165, 1.54) is 5.56 Å². The van der Waals surface area contributed by atoms with Crippen molar-refractivity contribution in [1.82, 2.24) is 0 Å². The molecule has 0 bridgehead atoms. The molecule has 25 heavy (non-hydrogen) atoms. The Morgan fingerprint density at radius 2 is 1.52 bits per heavy atom. The van der Waals surface area contributed by atoms with Gasteiger partial charge in [0.1, 0.15) is 0 Å². The van der Waals surface area contributed by atoms with Crippen LogP contribution < -0.4 is 10.6 Å². The molecule has 4 heteroatoms. The Hall–Kier alpha value is -2.62. The lowest BCUT2D eigenvalue weighted by molar-refractivity contribution is -0.123. The molecule has 2 amide bonds. The number of hydrogen-bond donors (Lipinski definition) is 2. The van der Waals surface area contributed by atoms with E-state index in [1.54, 1.807) is 6.07 Å². The largest absolute Gasteiger partial charge is 0.326 e. The zero-order valence-electron chi connectivity index (χ0n) is 15.1. The monoisotopic (exact) mass is 338 g/mol. The molecule has 132 valence electrons. The van der Waals surface area contributed by atoms with E-state index >= 15 is 0 Å². The molecule has 2 rings (SSSR count). The molecule has 0 unspecified atom stereocenters. The molecule has 0 spiro atoms. The van der Waals surface area contributed by atoms with Crippen molar-refractivity contribution in [2.75, 3.05) is 10.6 Å². The van der Waals surface area contributed by atoms with Gasteiger partial charge in [-0.25, -0.2) is 0 Å². The van der Waals surface area contributed by atoms with Crippen LogP contribution in [0.2, 0.25) is 0 Å². The first-order valence-corrected chi connectivity index (χ1v) is 8.60. The van der Waals surface area contributed by atoms with E-state index < -0.39 is 5.41 Å². The maximum absolute atomic E-state index is 12.1. The topological polar surface area (TPSA) is 58.2 Å². The molecular weight excluding hydrogens is 312 g/mol. The van der Waals surface area contributed by atoms with Crippen LogP contribution >= 0.6 is 0 Å². The van der Waals surface area contributed by atoms with Gasteiger partial charge in [0.15, 0.2) is 0 Å². The summed E-state index contributed by atoms with van der Waals surface area (Å²) in [4.78, 5) is 24.1. The van der Waals surface area contributed by atoms with Gasteiger partial charge in [-0.05, 0) is 36.6 Å². The van der Waals surface area contributed by atoms with Gasteiger partial charge in [-0.15, -0.1) is 0 Å². The van der Waals surface area contributed by atoms with E-state index in [-0.39, 0.29) is 11.8 Å². The van der Waals surface area contributed by atoms with Gasteiger partial charge in [-0.2, -0.15) is 0 Å². The molecule has 0 fully saturated rings. The summed E-state index contributed by atoms with van der Waals surface area (Å²) >= 11 is 0. The summed E-state index contributed by atoms with van der Waals surface area (Å²) < 4.78 is 0. The first-order chi connectivity index (χ1) is 11.8. The lowest BCUT2D eigenvalue weighted by atomic mass is 9.95. The molecule has 0 saturated carbocycles. The molecule has 0 radical (unpaired) electrons. The molecule has 2 aromatic carbocycles. The second-order valence-electron chi connectivity index (χ2n) is 7.17. The van der Waals surface area contributed by atoms with Crippen molar-refractivity contribution in [3.05, 3.63) is 60.2 Å². The minimum Gasteiger partial charge on any atom is -0.326 e. The summed E-state index contributed by atoms with van der Waals surface area (Å²) in [6.45, 7) is 5.59. The fraction of sp³-hybridized carbons (Fsp3) is 0.333. The average molecular weight is 338 g/mol. The highest BCUT2D eigenvalue weighted by atomic mass is 16.2. The van der Waals surface area contributed by atoms with Crippen molar-refractivity contribution in [2.45, 2.75) is 40.0 Å². The number of hydrogen-bond acceptors (Lipinski definition) is 2. The van der Waals surface area contributed by atoms with Gasteiger partial charge in [0.2, 0.25) is 11.8 Å². The Balaban J connectivity index is 1.84. The van der Waals surface area contributed by atoms with Crippen LogP contribution in [0.4, 0.5) is 11.4 Å². The number of carbonyl (C=O) groups is 2. The highest BCUT2D eigenvalue weighted by Gasteiger charge is 2.21. The first kappa shape index (κ1) is 18.7. The normalized spacial score (nSPS) is 11.0. The molecule has 0 aliphatic carbocycles. The summed E-state index contributed by atoms with van der Waals surface area (Å²) in [6, 6.07) is 17.4. The number of amides is 2. The number of anilines is 2. The molecule has 2 N–H and O–H groups in total. The van der Waals surface area contributed by atoms with E-state index in [2.05, 4.69) is 22.8 Å². The van der Waals surface area contributed by atoms with E-state index in [1.807, 2.05) is 57.2 Å². The van der Waals surface area contributed by atoms with E-state index in [0.29, 0.717) is 17.8 Å². The molecule has 0 aliphatic rings. The number of benzene rings is 2. The van der Waals surface area contributed by atoms with Crippen molar-refractivity contribution >= 4 is 23.2 Å². The van der Waals surface area contributed by atoms with Gasteiger partial charge in [0, 0.05) is 23.2 Å². The Kier molecular flexibility index (Phi) is 6.34. The predicted molar refractivity (Wildman–Crippen MR) is 103 cm³/mol. The number of carbonyl (C=O) groups excluding carboxylic acids is 2. The van der Waals surface area contributed by atoms with Crippen LogP contribution in [0, 0.1) is 5.41 Å². The fourth-order valence-electron chi connectivity index (χ4n) is 2.31. The summed E-state index contributed by atoms with van der Waals surface area (Å²) in [5.41, 5.74) is 2.15. The van der Waals surface area contributed by atoms with Crippen LogP contribution in [-0.4, -0.2) is 11.8 Å². The SMILES string of the molecule is CC(C)(C)C(=O)Nc1cccc(NC(=O)CCCc2ccccc2)c1. The Morgan fingerprint density at radius 1 is 0.880 bits per heavy atom. The number of rotatable bonds is 6. The molecular formula is C21H26N2O2. The lowest BCUT2D eigenvalue weighted by Crippen LogP contribution is -2.27. The van der Waals surface area contributed by atoms with Crippen LogP contribution in [0.1, 0.15) is 39.2 Å². The average Bonchev–Trinajstić information content (AvgIpc) is 2.55. The van der Waals surface area contributed by atoms with Crippen molar-refractivity contribution in [3.8, 4) is 0 Å². The Bertz CT molecular complexity index is 718. The Morgan fingerprint density at radius 3 is 2.16 bits per heavy atom. The van der Waals surface area contributed by atoms with Crippen molar-refractivity contribution in [1.29, 1.82) is 0 Å². The van der Waals surface area contributed by atoms with Crippen LogP contribution in [-0.2, 0) is 16.0 Å². The Labute approximate surface area is 149 Å². The van der Waals surface area contributed by atoms with Gasteiger partial charge >= 0.3 is 0 Å². The fourth-order valence-corrected chi connectivity index (χ4v) is 2.31. The molecule has 0 aromatic heterocycles. The first-order valence-electron chi connectivity index (χ1n) is 8.60. The molecule has 0 heterocycles. The van der Waals surface area contributed by atoms with Crippen molar-refractivity contribution in [2.24, 2.45) is 5.41 Å². The molecule has 0 atom stereocenters. The minimum absolute atomic E-state index is 0.0183. The van der Waals surface area contributed by atoms with Crippen LogP contribution in [0.5, 0.6) is 0 Å². The highest BCUT2D eigenvalue weighted by Crippen LogP contribution is 2.20. The van der Waals surface area contributed by atoms with Crippen LogP contribution in [0.15, 0.2) is 54.6 Å². The zero-order valence-corrected chi connectivity index (χ0v) is 15.1. The van der Waals surface area contributed by atoms with Crippen molar-refractivity contribution < 1.29 is 9.59 Å². The third kappa shape index (κ3) is 6.42. The third-order valence-electron chi connectivity index (χ3n) is 3.80. The van der Waals surface area contributed by atoms with E-state index in [0.717, 1.165) is 12.8 Å². The number of aryl methyl sites for hydroxylation is 1. The predicted octanol–water partition coefficient (Wildman–Crippen LogP) is 4.63. The van der Waals surface area contributed by atoms with Gasteiger partial charge in [0.05, 0.1) is 0 Å². The molecule has 0 aliphatic heterocycles. The highest BCUT2D eigenvalue weighted by molar-refractivity contribution is 5.96. The standard InChI is InChI=1S/C21H26N2O2/c1-21(2,3)20(25)23-18-13-8-12-17(15-18)22-19(24)14-7-11-16-9-5-4-6-10-16/h4-6,8-10,12-13,15H,7,11,14H2,1-3H3,(H,22,24)(H,23,25). The molecule has 0 saturated heterocycles. The van der Waals surface area contributed by atoms with E-state index in [9.17, 15) is 9.59 Å². The second-order valence-corrected chi connectivity index (χ2v) is 7.17. The number of nitrogens with one attached hydrogen (secondary N) is 2. The lowest BCUT2D eigenvalue weighted by Gasteiger charge is -2.18. The summed E-state index contributed by atoms with van der Waals surface area (Å²) in [5, 5.41) is 5.76. The molecule has 4 nitrogen and oxygen atoms in total. The summed E-state index contributed by atoms with van der Waals surface area (Å²) in [7, 11) is 0. The third-order valence-corrected chi connectivity index (χ3v) is 3.80. The molecule has 2 aromatic rings. The maximum atomic E-state index is 12.1. The maximum Gasteiger partial charge on any atom is 0.229 e. The van der Waals surface area contributed by atoms with Crippen LogP contribution in [0.3, 0.4) is 0 Å². The smallest absolute Gasteiger partial charge is 0.229 e. The quantitative estimate of drug-likeness (QED) is 0.806. The van der Waals surface area contributed by atoms with Gasteiger partial charge < -0.3 is 10.6 Å². The van der Waals surface area contributed by atoms with Gasteiger partial charge in [0.25, 0.3) is 0 Å². The van der Waals surface area contributed by atoms with Crippen molar-refractivity contribution in [3.63, 3.8) is 0 Å². The summed E-state index contributed by atoms with van der Waals surface area (Å²) in [6.07, 6.45) is 2.15. The van der Waals surface area contributed by atoms with Crippen LogP contribution in [0.25, 0.3) is 0 Å². The summed E-state index contributed by atoms with van der Waals surface area (Å²) in [5.74, 6) is -0.0749.